The first-order valence-corrected chi connectivity index (χ1v) is 13.7. The zero-order valence-electron chi connectivity index (χ0n) is 19.7. The molecule has 0 saturated carbocycles. The largest absolute Gasteiger partial charge is 0.487 e. The van der Waals surface area contributed by atoms with E-state index in [0.717, 1.165) is 26.9 Å². The van der Waals surface area contributed by atoms with Gasteiger partial charge in [0.2, 0.25) is 5.91 Å². The summed E-state index contributed by atoms with van der Waals surface area (Å²) in [6, 6.07) is 18.1. The lowest BCUT2D eigenvalue weighted by molar-refractivity contribution is -0.127. The van der Waals surface area contributed by atoms with E-state index in [9.17, 15) is 14.4 Å². The van der Waals surface area contributed by atoms with E-state index in [-0.39, 0.29) is 5.70 Å². The lowest BCUT2D eigenvalue weighted by Crippen LogP contribution is -2.38. The van der Waals surface area contributed by atoms with Crippen LogP contribution in [0, 0.1) is 0 Å². The molecule has 4 rings (SSSR count). The summed E-state index contributed by atoms with van der Waals surface area (Å²) < 4.78 is 8.30. The molecule has 1 fully saturated rings. The molecule has 3 aromatic rings. The zero-order chi connectivity index (χ0) is 26.5. The number of ether oxygens (including phenoxy) is 1. The number of hydrogen-bond donors (Lipinski definition) is 2. The van der Waals surface area contributed by atoms with Gasteiger partial charge in [0.25, 0.3) is 5.91 Å². The number of halogens is 3. The van der Waals surface area contributed by atoms with Crippen LogP contribution >= 0.6 is 47.8 Å². The fourth-order valence-corrected chi connectivity index (χ4v) is 5.42. The lowest BCUT2D eigenvalue weighted by Gasteiger charge is -2.13. The smallest absolute Gasteiger partial charge is 0.329 e. The summed E-state index contributed by atoms with van der Waals surface area (Å²) in [6.45, 7) is 1.97. The van der Waals surface area contributed by atoms with Gasteiger partial charge in [0.1, 0.15) is 24.6 Å². The predicted octanol–water partition coefficient (Wildman–Crippen LogP) is 6.65. The summed E-state index contributed by atoms with van der Waals surface area (Å²) in [5.74, 6) is -0.423. The Balaban J connectivity index is 1.44. The minimum atomic E-state index is -0.650. The number of hydrogen-bond acceptors (Lipinski definition) is 4. The molecule has 37 heavy (non-hydrogen) atoms. The molecule has 4 amide bonds. The van der Waals surface area contributed by atoms with Crippen molar-refractivity contribution in [3.05, 3.63) is 96.5 Å². The first-order valence-electron chi connectivity index (χ1n) is 11.3. The van der Waals surface area contributed by atoms with E-state index in [1.807, 2.05) is 49.4 Å². The molecule has 7 nitrogen and oxygen atoms in total. The SMILES string of the molecule is CCc1ccccc1NC(=O)CN1C(=O)N/C(=C/c2cc(Br)c(OCc3ccc(Br)cc3)c(Br)c2)C1=O. The Hall–Kier alpha value is -2.95. The fraction of sp³-hybridized carbons (Fsp3) is 0.148. The summed E-state index contributed by atoms with van der Waals surface area (Å²) >= 11 is 10.5. The molecule has 0 aromatic heterocycles. The van der Waals surface area contributed by atoms with Gasteiger partial charge in [-0.2, -0.15) is 0 Å². The Morgan fingerprint density at radius 3 is 2.38 bits per heavy atom. The van der Waals surface area contributed by atoms with E-state index in [1.165, 1.54) is 0 Å². The highest BCUT2D eigenvalue weighted by molar-refractivity contribution is 9.11. The van der Waals surface area contributed by atoms with E-state index in [4.69, 9.17) is 4.74 Å². The van der Waals surface area contributed by atoms with E-state index in [1.54, 1.807) is 24.3 Å². The molecule has 3 aromatic carbocycles. The number of urea groups is 1. The predicted molar refractivity (Wildman–Crippen MR) is 153 cm³/mol. The molecule has 10 heteroatoms. The molecule has 0 aliphatic carbocycles. The van der Waals surface area contributed by atoms with Crippen molar-refractivity contribution in [2.45, 2.75) is 20.0 Å². The minimum Gasteiger partial charge on any atom is -0.487 e. The number of rotatable bonds is 8. The van der Waals surface area contributed by atoms with Gasteiger partial charge in [-0.1, -0.05) is 53.2 Å². The van der Waals surface area contributed by atoms with Crippen LogP contribution in [0.5, 0.6) is 5.75 Å². The Labute approximate surface area is 239 Å². The first-order chi connectivity index (χ1) is 17.7. The van der Waals surface area contributed by atoms with Crippen LogP contribution in [0.4, 0.5) is 10.5 Å². The summed E-state index contributed by atoms with van der Waals surface area (Å²) in [4.78, 5) is 38.8. The molecule has 190 valence electrons. The Kier molecular flexibility index (Phi) is 8.83. The molecular weight excluding hydrogens is 670 g/mol. The maximum Gasteiger partial charge on any atom is 0.329 e. The number of aryl methyl sites for hydroxylation is 1. The van der Waals surface area contributed by atoms with Gasteiger partial charge in [-0.05, 0) is 91.4 Å². The second-order valence-electron chi connectivity index (χ2n) is 8.17. The van der Waals surface area contributed by atoms with Gasteiger partial charge >= 0.3 is 6.03 Å². The third kappa shape index (κ3) is 6.68. The number of nitrogens with zero attached hydrogens (tertiary/aromatic N) is 1. The van der Waals surface area contributed by atoms with Crippen molar-refractivity contribution in [3.8, 4) is 5.75 Å². The maximum absolute atomic E-state index is 12.9. The molecular formula is C27H22Br3N3O4. The molecule has 1 saturated heterocycles. The molecule has 0 spiro atoms. The van der Waals surface area contributed by atoms with E-state index < -0.39 is 24.4 Å². The number of anilines is 1. The minimum absolute atomic E-state index is 0.0779. The van der Waals surface area contributed by atoms with Gasteiger partial charge in [0.05, 0.1) is 8.95 Å². The monoisotopic (exact) mass is 689 g/mol. The van der Waals surface area contributed by atoms with E-state index in [0.29, 0.717) is 32.6 Å². The third-order valence-electron chi connectivity index (χ3n) is 5.56. The topological polar surface area (TPSA) is 87.7 Å². The number of nitrogens with one attached hydrogen (secondary N) is 2. The molecule has 1 heterocycles. The van der Waals surface area contributed by atoms with Crippen molar-refractivity contribution >= 4 is 77.4 Å². The van der Waals surface area contributed by atoms with E-state index in [2.05, 4.69) is 58.4 Å². The summed E-state index contributed by atoms with van der Waals surface area (Å²) in [6.07, 6.45) is 2.30. The second-order valence-corrected chi connectivity index (χ2v) is 10.8. The standard InChI is InChI=1S/C27H22Br3N3O4/c1-2-18-5-3-4-6-22(18)31-24(34)14-33-26(35)23(32-27(33)36)13-17-11-20(29)25(21(30)12-17)37-15-16-7-9-19(28)10-8-16/h3-13H,2,14-15H2,1H3,(H,31,34)(H,32,36)/b23-13+. The Bertz CT molecular complexity index is 1370. The van der Waals surface area contributed by atoms with Gasteiger partial charge in [-0.3, -0.25) is 9.59 Å². The van der Waals surface area contributed by atoms with Crippen LogP contribution in [0.25, 0.3) is 6.08 Å². The average Bonchev–Trinajstić information content (AvgIpc) is 3.12. The highest BCUT2D eigenvalue weighted by Crippen LogP contribution is 2.36. The fourth-order valence-electron chi connectivity index (χ4n) is 3.70. The van der Waals surface area contributed by atoms with E-state index >= 15 is 0 Å². The van der Waals surface area contributed by atoms with Gasteiger partial charge in [0, 0.05) is 10.2 Å². The first kappa shape index (κ1) is 27.1. The molecule has 0 unspecified atom stereocenters. The third-order valence-corrected chi connectivity index (χ3v) is 7.27. The number of carbonyl (C=O) groups excluding carboxylic acids is 3. The van der Waals surface area contributed by atoms with Crippen LogP contribution in [0.3, 0.4) is 0 Å². The number of amides is 4. The molecule has 0 radical (unpaired) electrons. The van der Waals surface area contributed by atoms with Gasteiger partial charge in [-0.15, -0.1) is 0 Å². The Morgan fingerprint density at radius 1 is 1.03 bits per heavy atom. The van der Waals surface area contributed by atoms with Crippen LogP contribution in [-0.2, 0) is 22.6 Å². The van der Waals surface area contributed by atoms with Crippen molar-refractivity contribution in [2.24, 2.45) is 0 Å². The van der Waals surface area contributed by atoms with Crippen molar-refractivity contribution in [2.75, 3.05) is 11.9 Å². The van der Waals surface area contributed by atoms with Crippen LogP contribution in [-0.4, -0.2) is 29.3 Å². The average molecular weight is 692 g/mol. The molecule has 1 aliphatic heterocycles. The zero-order valence-corrected chi connectivity index (χ0v) is 24.4. The van der Waals surface area contributed by atoms with Crippen LogP contribution < -0.4 is 15.4 Å². The number of benzene rings is 3. The maximum atomic E-state index is 12.9. The Morgan fingerprint density at radius 2 is 1.70 bits per heavy atom. The lowest BCUT2D eigenvalue weighted by atomic mass is 10.1. The van der Waals surface area contributed by atoms with Crippen molar-refractivity contribution in [1.29, 1.82) is 0 Å². The van der Waals surface area contributed by atoms with Crippen molar-refractivity contribution in [1.82, 2.24) is 10.2 Å². The van der Waals surface area contributed by atoms with Gasteiger partial charge in [-0.25, -0.2) is 9.69 Å². The van der Waals surface area contributed by atoms with Crippen LogP contribution in [0.15, 0.2) is 79.8 Å². The van der Waals surface area contributed by atoms with Crippen LogP contribution in [0.2, 0.25) is 0 Å². The molecule has 0 atom stereocenters. The number of imide groups is 1. The number of carbonyl (C=O) groups is 3. The summed E-state index contributed by atoms with van der Waals surface area (Å²) in [5, 5.41) is 5.33. The second kappa shape index (κ2) is 12.1. The summed E-state index contributed by atoms with van der Waals surface area (Å²) in [5.41, 5.74) is 3.37. The summed E-state index contributed by atoms with van der Waals surface area (Å²) in [7, 11) is 0. The van der Waals surface area contributed by atoms with Crippen molar-refractivity contribution in [3.63, 3.8) is 0 Å². The molecule has 0 bridgehead atoms. The molecule has 2 N–H and O–H groups in total. The quantitative estimate of drug-likeness (QED) is 0.205. The number of para-hydroxylation sites is 1. The highest BCUT2D eigenvalue weighted by atomic mass is 79.9. The van der Waals surface area contributed by atoms with Crippen LogP contribution in [0.1, 0.15) is 23.6 Å². The van der Waals surface area contributed by atoms with Crippen molar-refractivity contribution < 1.29 is 19.1 Å². The molecule has 1 aliphatic rings. The highest BCUT2D eigenvalue weighted by Gasteiger charge is 2.35. The van der Waals surface area contributed by atoms with Gasteiger partial charge < -0.3 is 15.4 Å². The van der Waals surface area contributed by atoms with Gasteiger partial charge in [0.15, 0.2) is 0 Å². The normalized spacial score (nSPS) is 14.2.